The summed E-state index contributed by atoms with van der Waals surface area (Å²) in [5.74, 6) is 3.56. The Labute approximate surface area is 156 Å². The van der Waals surface area contributed by atoms with Crippen molar-refractivity contribution >= 4 is 0 Å². The van der Waals surface area contributed by atoms with Gasteiger partial charge in [-0.1, -0.05) is 13.8 Å². The minimum atomic E-state index is 0.626. The van der Waals surface area contributed by atoms with Crippen molar-refractivity contribution in [2.75, 3.05) is 40.5 Å². The molecule has 0 saturated carbocycles. The summed E-state index contributed by atoms with van der Waals surface area (Å²) in [7, 11) is 3.23. The summed E-state index contributed by atoms with van der Waals surface area (Å²) in [6.45, 7) is 8.30. The predicted molar refractivity (Wildman–Crippen MR) is 104 cm³/mol. The minimum Gasteiger partial charge on any atom is -0.497 e. The maximum absolute atomic E-state index is 5.90. The highest BCUT2D eigenvalue weighted by molar-refractivity contribution is 5.47. The summed E-state index contributed by atoms with van der Waals surface area (Å²) >= 11 is 0. The lowest BCUT2D eigenvalue weighted by molar-refractivity contribution is 0.249. The van der Waals surface area contributed by atoms with E-state index < -0.39 is 0 Å². The van der Waals surface area contributed by atoms with Crippen LogP contribution >= 0.6 is 0 Å². The zero-order valence-electron chi connectivity index (χ0n) is 16.2. The summed E-state index contributed by atoms with van der Waals surface area (Å²) in [5, 5.41) is 0. The second-order valence-electron chi connectivity index (χ2n) is 5.82. The zero-order chi connectivity index (χ0) is 18.8. The maximum Gasteiger partial charge on any atom is 0.169 e. The molecule has 0 saturated heterocycles. The van der Waals surface area contributed by atoms with Crippen LogP contribution in [0.25, 0.3) is 0 Å². The standard InChI is InChI=1S/C21H29NO4/c1-5-22(6-2)14-7-15-25-17-8-10-18(11-9-17)26-20-13-12-19(23-3)16-21(20)24-4/h8-13,16H,5-7,14-15H2,1-4H3. The molecule has 0 unspecified atom stereocenters. The van der Waals surface area contributed by atoms with Crippen molar-refractivity contribution in [2.45, 2.75) is 20.3 Å². The van der Waals surface area contributed by atoms with E-state index in [0.29, 0.717) is 18.1 Å². The molecule has 5 nitrogen and oxygen atoms in total. The summed E-state index contributed by atoms with van der Waals surface area (Å²) in [6, 6.07) is 13.1. The van der Waals surface area contributed by atoms with Gasteiger partial charge in [0.15, 0.2) is 11.5 Å². The molecule has 0 aliphatic carbocycles. The van der Waals surface area contributed by atoms with Crippen LogP contribution in [0, 0.1) is 0 Å². The number of ether oxygens (including phenoxy) is 4. The number of hydrogen-bond donors (Lipinski definition) is 0. The van der Waals surface area contributed by atoms with Crippen molar-refractivity contribution in [3.63, 3.8) is 0 Å². The van der Waals surface area contributed by atoms with E-state index in [1.165, 1.54) is 0 Å². The van der Waals surface area contributed by atoms with Gasteiger partial charge < -0.3 is 23.8 Å². The quantitative estimate of drug-likeness (QED) is 0.548. The van der Waals surface area contributed by atoms with Gasteiger partial charge in [0.1, 0.15) is 17.2 Å². The van der Waals surface area contributed by atoms with Crippen LogP contribution in [0.1, 0.15) is 20.3 Å². The molecule has 142 valence electrons. The highest BCUT2D eigenvalue weighted by atomic mass is 16.5. The van der Waals surface area contributed by atoms with Gasteiger partial charge in [-0.15, -0.1) is 0 Å². The van der Waals surface area contributed by atoms with E-state index in [-0.39, 0.29) is 0 Å². The van der Waals surface area contributed by atoms with Crippen molar-refractivity contribution < 1.29 is 18.9 Å². The van der Waals surface area contributed by atoms with Crippen molar-refractivity contribution in [1.82, 2.24) is 4.90 Å². The van der Waals surface area contributed by atoms with Crippen LogP contribution in [0.3, 0.4) is 0 Å². The molecule has 2 aromatic carbocycles. The first-order chi connectivity index (χ1) is 12.7. The molecule has 5 heteroatoms. The molecular weight excluding hydrogens is 330 g/mol. The lowest BCUT2D eigenvalue weighted by atomic mass is 10.3. The first-order valence-corrected chi connectivity index (χ1v) is 9.05. The van der Waals surface area contributed by atoms with Crippen LogP contribution in [0.4, 0.5) is 0 Å². The Morgan fingerprint density at radius 3 is 2.04 bits per heavy atom. The van der Waals surface area contributed by atoms with Crippen molar-refractivity contribution in [1.29, 1.82) is 0 Å². The number of hydrogen-bond acceptors (Lipinski definition) is 5. The van der Waals surface area contributed by atoms with Crippen LogP contribution in [-0.2, 0) is 0 Å². The molecule has 0 bridgehead atoms. The van der Waals surface area contributed by atoms with Crippen molar-refractivity contribution in [3.05, 3.63) is 42.5 Å². The van der Waals surface area contributed by atoms with E-state index in [1.807, 2.05) is 36.4 Å². The molecule has 2 rings (SSSR count). The van der Waals surface area contributed by atoms with Gasteiger partial charge >= 0.3 is 0 Å². The van der Waals surface area contributed by atoms with Gasteiger partial charge in [0, 0.05) is 12.6 Å². The van der Waals surface area contributed by atoms with Crippen molar-refractivity contribution in [3.8, 4) is 28.7 Å². The fourth-order valence-corrected chi connectivity index (χ4v) is 2.61. The molecule has 0 radical (unpaired) electrons. The third-order valence-electron chi connectivity index (χ3n) is 4.20. The van der Waals surface area contributed by atoms with Crippen molar-refractivity contribution in [2.24, 2.45) is 0 Å². The van der Waals surface area contributed by atoms with E-state index in [1.54, 1.807) is 20.3 Å². The van der Waals surface area contributed by atoms with Gasteiger partial charge in [0.2, 0.25) is 0 Å². The van der Waals surface area contributed by atoms with Gasteiger partial charge in [0.25, 0.3) is 0 Å². The molecule has 26 heavy (non-hydrogen) atoms. The van der Waals surface area contributed by atoms with Gasteiger partial charge in [-0.25, -0.2) is 0 Å². The summed E-state index contributed by atoms with van der Waals surface area (Å²) in [4.78, 5) is 2.39. The molecule has 2 aromatic rings. The second kappa shape index (κ2) is 10.6. The van der Waals surface area contributed by atoms with Gasteiger partial charge in [0.05, 0.1) is 20.8 Å². The lowest BCUT2D eigenvalue weighted by Gasteiger charge is -2.17. The van der Waals surface area contributed by atoms with E-state index in [4.69, 9.17) is 18.9 Å². The molecule has 0 fully saturated rings. The Hall–Kier alpha value is -2.40. The number of methoxy groups -OCH3 is 2. The monoisotopic (exact) mass is 359 g/mol. The smallest absolute Gasteiger partial charge is 0.169 e. The Bertz CT molecular complexity index is 654. The van der Waals surface area contributed by atoms with Crippen LogP contribution in [-0.4, -0.2) is 45.4 Å². The van der Waals surface area contributed by atoms with Gasteiger partial charge in [-0.05, 0) is 55.9 Å². The van der Waals surface area contributed by atoms with Crippen LogP contribution in [0.2, 0.25) is 0 Å². The largest absolute Gasteiger partial charge is 0.497 e. The summed E-state index contributed by atoms with van der Waals surface area (Å²) in [5.41, 5.74) is 0. The topological polar surface area (TPSA) is 40.2 Å². The average molecular weight is 359 g/mol. The van der Waals surface area contributed by atoms with Crippen LogP contribution < -0.4 is 18.9 Å². The third-order valence-corrected chi connectivity index (χ3v) is 4.20. The molecular formula is C21H29NO4. The van der Waals surface area contributed by atoms with E-state index in [0.717, 1.165) is 43.3 Å². The number of benzene rings is 2. The molecule has 0 heterocycles. The zero-order valence-corrected chi connectivity index (χ0v) is 16.2. The summed E-state index contributed by atoms with van der Waals surface area (Å²) < 4.78 is 22.3. The number of nitrogens with zero attached hydrogens (tertiary/aromatic N) is 1. The molecule has 0 N–H and O–H groups in total. The van der Waals surface area contributed by atoms with Crippen LogP contribution in [0.15, 0.2) is 42.5 Å². The van der Waals surface area contributed by atoms with Gasteiger partial charge in [-0.3, -0.25) is 0 Å². The Morgan fingerprint density at radius 2 is 1.42 bits per heavy atom. The fraction of sp³-hybridized carbons (Fsp3) is 0.429. The summed E-state index contributed by atoms with van der Waals surface area (Å²) in [6.07, 6.45) is 1.02. The van der Waals surface area contributed by atoms with E-state index >= 15 is 0 Å². The molecule has 0 aromatic heterocycles. The average Bonchev–Trinajstić information content (AvgIpc) is 2.69. The molecule has 0 aliphatic rings. The molecule has 0 aliphatic heterocycles. The Morgan fingerprint density at radius 1 is 0.769 bits per heavy atom. The fourth-order valence-electron chi connectivity index (χ4n) is 2.61. The third kappa shape index (κ3) is 5.85. The highest BCUT2D eigenvalue weighted by Gasteiger charge is 2.08. The molecule has 0 amide bonds. The highest BCUT2D eigenvalue weighted by Crippen LogP contribution is 2.34. The minimum absolute atomic E-state index is 0.626. The van der Waals surface area contributed by atoms with E-state index in [2.05, 4.69) is 18.7 Å². The first kappa shape index (κ1) is 19.9. The van der Waals surface area contributed by atoms with E-state index in [9.17, 15) is 0 Å². The predicted octanol–water partition coefficient (Wildman–Crippen LogP) is 4.61. The van der Waals surface area contributed by atoms with Gasteiger partial charge in [-0.2, -0.15) is 0 Å². The Kier molecular flexibility index (Phi) is 8.09. The SMILES string of the molecule is CCN(CC)CCCOc1ccc(Oc2ccc(OC)cc2OC)cc1. The van der Waals surface area contributed by atoms with Crippen LogP contribution in [0.5, 0.6) is 28.7 Å². The maximum atomic E-state index is 5.90. The Balaban J connectivity index is 1.87. The molecule has 0 spiro atoms. The normalized spacial score (nSPS) is 10.7. The first-order valence-electron chi connectivity index (χ1n) is 9.05. The second-order valence-corrected chi connectivity index (χ2v) is 5.82. The number of rotatable bonds is 11. The molecule has 0 atom stereocenters. The lowest BCUT2D eigenvalue weighted by Crippen LogP contribution is -2.25.